The third kappa shape index (κ3) is 2.98. The standard InChI is InChI=1S/C15H10N2O3/c1-2-9-19-13-5-3-4-6-14(13)20-15(18)12-8-7-11(10-16)17-12/h1,3-8,17H,9H2. The number of para-hydroxylation sites is 2. The smallest absolute Gasteiger partial charge is 0.360 e. The first kappa shape index (κ1) is 13.3. The summed E-state index contributed by atoms with van der Waals surface area (Å²) >= 11 is 0. The van der Waals surface area contributed by atoms with Crippen molar-refractivity contribution >= 4 is 5.97 Å². The van der Waals surface area contributed by atoms with Gasteiger partial charge in [0.25, 0.3) is 0 Å². The van der Waals surface area contributed by atoms with Crippen molar-refractivity contribution in [2.75, 3.05) is 6.61 Å². The van der Waals surface area contributed by atoms with Crippen LogP contribution in [-0.2, 0) is 0 Å². The second-order valence-electron chi connectivity index (χ2n) is 3.73. The number of carbonyl (C=O) groups excluding carboxylic acids is 1. The van der Waals surface area contributed by atoms with Crippen LogP contribution in [0.5, 0.6) is 11.5 Å². The van der Waals surface area contributed by atoms with Gasteiger partial charge in [0.15, 0.2) is 11.5 Å². The number of rotatable bonds is 4. The molecular weight excluding hydrogens is 256 g/mol. The van der Waals surface area contributed by atoms with Crippen molar-refractivity contribution in [2.24, 2.45) is 0 Å². The van der Waals surface area contributed by atoms with E-state index in [9.17, 15) is 4.79 Å². The van der Waals surface area contributed by atoms with Crippen LogP contribution in [0.2, 0.25) is 0 Å². The van der Waals surface area contributed by atoms with E-state index in [0.29, 0.717) is 5.75 Å². The van der Waals surface area contributed by atoms with Gasteiger partial charge in [-0.15, -0.1) is 6.42 Å². The highest BCUT2D eigenvalue weighted by Gasteiger charge is 2.13. The number of benzene rings is 1. The molecule has 98 valence electrons. The van der Waals surface area contributed by atoms with Gasteiger partial charge in [0.05, 0.1) is 0 Å². The van der Waals surface area contributed by atoms with Gasteiger partial charge in [0, 0.05) is 0 Å². The van der Waals surface area contributed by atoms with Crippen molar-refractivity contribution in [1.82, 2.24) is 4.98 Å². The molecule has 1 heterocycles. The maximum Gasteiger partial charge on any atom is 0.360 e. The summed E-state index contributed by atoms with van der Waals surface area (Å²) in [5, 5.41) is 8.69. The van der Waals surface area contributed by atoms with Crippen molar-refractivity contribution in [1.29, 1.82) is 5.26 Å². The molecule has 0 aliphatic carbocycles. The molecule has 0 radical (unpaired) electrons. The summed E-state index contributed by atoms with van der Waals surface area (Å²) in [4.78, 5) is 14.5. The molecule has 0 spiro atoms. The molecule has 5 heteroatoms. The molecule has 0 atom stereocenters. The highest BCUT2D eigenvalue weighted by Crippen LogP contribution is 2.27. The number of terminal acetylenes is 1. The van der Waals surface area contributed by atoms with Gasteiger partial charge in [-0.25, -0.2) is 4.79 Å². The Morgan fingerprint density at radius 2 is 2.00 bits per heavy atom. The molecule has 0 aliphatic heterocycles. The Morgan fingerprint density at radius 1 is 1.25 bits per heavy atom. The minimum absolute atomic E-state index is 0.0790. The highest BCUT2D eigenvalue weighted by molar-refractivity contribution is 5.89. The zero-order valence-corrected chi connectivity index (χ0v) is 10.4. The summed E-state index contributed by atoms with van der Waals surface area (Å²) in [5.74, 6) is 2.37. The van der Waals surface area contributed by atoms with Gasteiger partial charge in [0.2, 0.25) is 0 Å². The Morgan fingerprint density at radius 3 is 2.65 bits per heavy atom. The van der Waals surface area contributed by atoms with E-state index in [2.05, 4.69) is 10.9 Å². The Balaban J connectivity index is 2.15. The van der Waals surface area contributed by atoms with Crippen molar-refractivity contribution in [3.63, 3.8) is 0 Å². The second-order valence-corrected chi connectivity index (χ2v) is 3.73. The lowest BCUT2D eigenvalue weighted by molar-refractivity contribution is 0.0723. The largest absolute Gasteiger partial charge is 0.477 e. The number of hydrogen-bond donors (Lipinski definition) is 1. The Labute approximate surface area is 115 Å². The van der Waals surface area contributed by atoms with Crippen LogP contribution in [0.15, 0.2) is 36.4 Å². The summed E-state index contributed by atoms with van der Waals surface area (Å²) in [5.41, 5.74) is 0.474. The van der Waals surface area contributed by atoms with Gasteiger partial charge < -0.3 is 14.5 Å². The number of carbonyl (C=O) groups is 1. The SMILES string of the molecule is C#CCOc1ccccc1OC(=O)c1ccc(C#N)[nH]1. The first-order valence-corrected chi connectivity index (χ1v) is 5.71. The third-order valence-corrected chi connectivity index (χ3v) is 2.39. The molecule has 1 N–H and O–H groups in total. The lowest BCUT2D eigenvalue weighted by atomic mass is 10.3. The van der Waals surface area contributed by atoms with Gasteiger partial charge in [0.1, 0.15) is 24.1 Å². The molecule has 0 saturated heterocycles. The minimum Gasteiger partial charge on any atom is -0.477 e. The second kappa shape index (κ2) is 6.12. The van der Waals surface area contributed by atoms with Crippen LogP contribution in [0, 0.1) is 23.7 Å². The predicted molar refractivity (Wildman–Crippen MR) is 71.2 cm³/mol. The fourth-order valence-electron chi connectivity index (χ4n) is 1.51. The number of esters is 1. The van der Waals surface area contributed by atoms with Crippen molar-refractivity contribution in [2.45, 2.75) is 0 Å². The van der Waals surface area contributed by atoms with E-state index in [0.717, 1.165) is 0 Å². The first-order chi connectivity index (χ1) is 9.74. The molecule has 2 rings (SSSR count). The molecule has 0 unspecified atom stereocenters. The average Bonchev–Trinajstić information content (AvgIpc) is 2.95. The number of hydrogen-bond acceptors (Lipinski definition) is 4. The first-order valence-electron chi connectivity index (χ1n) is 5.71. The molecule has 0 bridgehead atoms. The van der Waals surface area contributed by atoms with Crippen LogP contribution in [-0.4, -0.2) is 17.6 Å². The monoisotopic (exact) mass is 266 g/mol. The number of ether oxygens (including phenoxy) is 2. The maximum atomic E-state index is 11.9. The number of nitrogens with zero attached hydrogens (tertiary/aromatic N) is 1. The molecule has 0 aliphatic rings. The van der Waals surface area contributed by atoms with Gasteiger partial charge >= 0.3 is 5.97 Å². The van der Waals surface area contributed by atoms with E-state index in [1.807, 2.05) is 6.07 Å². The zero-order chi connectivity index (χ0) is 14.4. The summed E-state index contributed by atoms with van der Waals surface area (Å²) < 4.78 is 10.5. The van der Waals surface area contributed by atoms with Crippen molar-refractivity contribution in [3.8, 4) is 29.9 Å². The molecule has 2 aromatic rings. The summed E-state index contributed by atoms with van der Waals surface area (Å²) in [6.45, 7) is 0.0790. The molecule has 0 saturated carbocycles. The molecule has 0 fully saturated rings. The molecule has 1 aromatic heterocycles. The molecule has 0 amide bonds. The number of aromatic nitrogens is 1. The molecule has 20 heavy (non-hydrogen) atoms. The predicted octanol–water partition coefficient (Wildman–Crippen LogP) is 2.12. The van der Waals surface area contributed by atoms with Gasteiger partial charge in [-0.1, -0.05) is 18.1 Å². The minimum atomic E-state index is -0.608. The van der Waals surface area contributed by atoms with E-state index in [4.69, 9.17) is 21.2 Å². The Hall–Kier alpha value is -3.18. The van der Waals surface area contributed by atoms with Crippen LogP contribution in [0.3, 0.4) is 0 Å². The summed E-state index contributed by atoms with van der Waals surface area (Å²) in [6, 6.07) is 11.6. The van der Waals surface area contributed by atoms with Crippen LogP contribution < -0.4 is 9.47 Å². The molecule has 1 aromatic carbocycles. The Kier molecular flexibility index (Phi) is 4.06. The number of aromatic amines is 1. The van der Waals surface area contributed by atoms with Crippen molar-refractivity contribution < 1.29 is 14.3 Å². The molecule has 5 nitrogen and oxygen atoms in total. The topological polar surface area (TPSA) is 75.1 Å². The molecular formula is C15H10N2O3. The van der Waals surface area contributed by atoms with Crippen LogP contribution in [0.25, 0.3) is 0 Å². The number of nitriles is 1. The number of nitrogens with one attached hydrogen (secondary N) is 1. The lowest BCUT2D eigenvalue weighted by Gasteiger charge is -2.09. The van der Waals surface area contributed by atoms with E-state index >= 15 is 0 Å². The van der Waals surface area contributed by atoms with Gasteiger partial charge in [-0.2, -0.15) is 5.26 Å². The fraction of sp³-hybridized carbons (Fsp3) is 0.0667. The normalized spacial score (nSPS) is 9.30. The van der Waals surface area contributed by atoms with E-state index in [1.165, 1.54) is 12.1 Å². The van der Waals surface area contributed by atoms with Crippen molar-refractivity contribution in [3.05, 3.63) is 47.8 Å². The quantitative estimate of drug-likeness (QED) is 0.522. The van der Waals surface area contributed by atoms with Gasteiger partial charge in [-0.05, 0) is 24.3 Å². The Bertz CT molecular complexity index is 704. The van der Waals surface area contributed by atoms with Crippen LogP contribution in [0.1, 0.15) is 16.2 Å². The lowest BCUT2D eigenvalue weighted by Crippen LogP contribution is -2.10. The third-order valence-electron chi connectivity index (χ3n) is 2.39. The summed E-state index contributed by atoms with van der Waals surface area (Å²) in [7, 11) is 0. The van der Waals surface area contributed by atoms with Crippen LogP contribution >= 0.6 is 0 Å². The summed E-state index contributed by atoms with van der Waals surface area (Å²) in [6.07, 6.45) is 5.12. The fourth-order valence-corrected chi connectivity index (χ4v) is 1.51. The van der Waals surface area contributed by atoms with E-state index in [-0.39, 0.29) is 23.7 Å². The average molecular weight is 266 g/mol. The van der Waals surface area contributed by atoms with Gasteiger partial charge in [-0.3, -0.25) is 0 Å². The highest BCUT2D eigenvalue weighted by atomic mass is 16.6. The zero-order valence-electron chi connectivity index (χ0n) is 10.4. The van der Waals surface area contributed by atoms with Crippen LogP contribution in [0.4, 0.5) is 0 Å². The maximum absolute atomic E-state index is 11.9. The van der Waals surface area contributed by atoms with E-state index in [1.54, 1.807) is 24.3 Å². The van der Waals surface area contributed by atoms with E-state index < -0.39 is 5.97 Å². The number of H-pyrrole nitrogens is 1.